The summed E-state index contributed by atoms with van der Waals surface area (Å²) in [5, 5.41) is 0. The quantitative estimate of drug-likeness (QED) is 0.630. The predicted molar refractivity (Wildman–Crippen MR) is 86.7 cm³/mol. The average molecular weight is 304 g/mol. The number of likely N-dealkylation sites (N-methyl/N-ethyl adjacent to an activating group) is 1. The molecule has 1 saturated carbocycles. The number of nitrogens with zero attached hydrogens (tertiary/aromatic N) is 3. The fourth-order valence-electron chi connectivity index (χ4n) is 1.94. The van der Waals surface area contributed by atoms with Crippen LogP contribution in [-0.2, 0) is 11.3 Å². The number of carbonyl (C=O) groups excluding carboxylic acids is 1. The molecule has 1 fully saturated rings. The lowest BCUT2D eigenvalue weighted by atomic mass is 10.2. The number of hydrogen-bond acceptors (Lipinski definition) is 3. The summed E-state index contributed by atoms with van der Waals surface area (Å²) in [5.41, 5.74) is 6.97. The Balaban J connectivity index is 1.90. The second-order valence-electron chi connectivity index (χ2n) is 5.74. The first-order chi connectivity index (χ1) is 10.5. The molecule has 0 heterocycles. The van der Waals surface area contributed by atoms with Gasteiger partial charge < -0.3 is 20.3 Å². The third-order valence-corrected chi connectivity index (χ3v) is 3.64. The van der Waals surface area contributed by atoms with E-state index in [2.05, 4.69) is 4.99 Å². The van der Waals surface area contributed by atoms with E-state index in [4.69, 9.17) is 10.5 Å². The van der Waals surface area contributed by atoms with Crippen LogP contribution in [0.1, 0.15) is 18.4 Å². The van der Waals surface area contributed by atoms with E-state index < -0.39 is 0 Å². The summed E-state index contributed by atoms with van der Waals surface area (Å²) in [6.45, 7) is 0.536. The van der Waals surface area contributed by atoms with Crippen molar-refractivity contribution in [3.05, 3.63) is 29.8 Å². The van der Waals surface area contributed by atoms with Gasteiger partial charge in [0.15, 0.2) is 12.6 Å². The minimum atomic E-state index is -0.0706. The summed E-state index contributed by atoms with van der Waals surface area (Å²) < 4.78 is 5.49. The molecule has 22 heavy (non-hydrogen) atoms. The maximum Gasteiger partial charge on any atom is 0.259 e. The van der Waals surface area contributed by atoms with Crippen LogP contribution in [0.2, 0.25) is 0 Å². The normalized spacial score (nSPS) is 14.6. The van der Waals surface area contributed by atoms with Gasteiger partial charge in [0.2, 0.25) is 0 Å². The molecular formula is C16H24N4O2. The number of rotatable bonds is 6. The van der Waals surface area contributed by atoms with Gasteiger partial charge in [-0.2, -0.15) is 0 Å². The minimum Gasteiger partial charge on any atom is -0.484 e. The van der Waals surface area contributed by atoms with Gasteiger partial charge in [-0.1, -0.05) is 12.1 Å². The van der Waals surface area contributed by atoms with Crippen molar-refractivity contribution in [1.29, 1.82) is 0 Å². The van der Waals surface area contributed by atoms with Gasteiger partial charge in [0.05, 0.1) is 6.54 Å². The van der Waals surface area contributed by atoms with Crippen molar-refractivity contribution in [3.63, 3.8) is 0 Å². The van der Waals surface area contributed by atoms with E-state index >= 15 is 0 Å². The average Bonchev–Trinajstić information content (AvgIpc) is 3.34. The van der Waals surface area contributed by atoms with E-state index in [0.717, 1.165) is 5.56 Å². The number of guanidine groups is 1. The molecule has 120 valence electrons. The Hall–Kier alpha value is -2.24. The second kappa shape index (κ2) is 7.15. The third-order valence-electron chi connectivity index (χ3n) is 3.64. The van der Waals surface area contributed by atoms with Gasteiger partial charge in [0.1, 0.15) is 5.75 Å². The molecule has 0 unspecified atom stereocenters. The van der Waals surface area contributed by atoms with Crippen LogP contribution in [0.5, 0.6) is 5.75 Å². The Morgan fingerprint density at radius 1 is 1.36 bits per heavy atom. The Morgan fingerprint density at radius 3 is 2.73 bits per heavy atom. The van der Waals surface area contributed by atoms with Crippen molar-refractivity contribution in [2.45, 2.75) is 25.4 Å². The number of amides is 1. The molecule has 6 nitrogen and oxygen atoms in total. The van der Waals surface area contributed by atoms with Gasteiger partial charge in [-0.3, -0.25) is 4.79 Å². The van der Waals surface area contributed by atoms with Crippen molar-refractivity contribution in [3.8, 4) is 5.75 Å². The van der Waals surface area contributed by atoms with E-state index in [0.29, 0.717) is 24.3 Å². The SMILES string of the molecule is CN(C)C(=O)COc1cccc(CN=C(N)N(C)C2CC2)c1. The molecule has 0 saturated heterocycles. The topological polar surface area (TPSA) is 71.2 Å². The molecule has 0 spiro atoms. The predicted octanol–water partition coefficient (Wildman–Crippen LogP) is 1.06. The smallest absolute Gasteiger partial charge is 0.259 e. The van der Waals surface area contributed by atoms with Crippen LogP contribution >= 0.6 is 0 Å². The lowest BCUT2D eigenvalue weighted by Gasteiger charge is -2.17. The molecule has 0 radical (unpaired) electrons. The maximum atomic E-state index is 11.5. The number of hydrogen-bond donors (Lipinski definition) is 1. The van der Waals surface area contributed by atoms with E-state index in [-0.39, 0.29) is 12.5 Å². The van der Waals surface area contributed by atoms with Gasteiger partial charge in [-0.05, 0) is 30.5 Å². The first-order valence-corrected chi connectivity index (χ1v) is 7.42. The highest BCUT2D eigenvalue weighted by Gasteiger charge is 2.27. The lowest BCUT2D eigenvalue weighted by molar-refractivity contribution is -0.130. The molecule has 0 aromatic heterocycles. The summed E-state index contributed by atoms with van der Waals surface area (Å²) in [6, 6.07) is 8.12. The number of aliphatic imine (C=N–C) groups is 1. The molecular weight excluding hydrogens is 280 g/mol. The van der Waals surface area contributed by atoms with Crippen LogP contribution in [-0.4, -0.2) is 55.5 Å². The molecule has 0 bridgehead atoms. The number of benzene rings is 1. The first kappa shape index (κ1) is 16.1. The Labute approximate surface area is 131 Å². The summed E-state index contributed by atoms with van der Waals surface area (Å²) in [6.07, 6.45) is 2.38. The summed E-state index contributed by atoms with van der Waals surface area (Å²) in [4.78, 5) is 19.5. The summed E-state index contributed by atoms with van der Waals surface area (Å²) in [7, 11) is 5.38. The Morgan fingerprint density at radius 2 is 2.09 bits per heavy atom. The van der Waals surface area contributed by atoms with Crippen LogP contribution in [0.4, 0.5) is 0 Å². The third kappa shape index (κ3) is 4.65. The minimum absolute atomic E-state index is 0.0340. The molecule has 1 aliphatic carbocycles. The summed E-state index contributed by atoms with van der Waals surface area (Å²) >= 11 is 0. The van der Waals surface area contributed by atoms with Gasteiger partial charge in [-0.25, -0.2) is 4.99 Å². The fraction of sp³-hybridized carbons (Fsp3) is 0.500. The number of carbonyl (C=O) groups is 1. The second-order valence-corrected chi connectivity index (χ2v) is 5.74. The van der Waals surface area contributed by atoms with Crippen LogP contribution in [0.25, 0.3) is 0 Å². The van der Waals surface area contributed by atoms with E-state index in [1.807, 2.05) is 36.2 Å². The zero-order valence-electron chi connectivity index (χ0n) is 13.5. The van der Waals surface area contributed by atoms with Crippen molar-refractivity contribution in [2.75, 3.05) is 27.7 Å². The molecule has 6 heteroatoms. The van der Waals surface area contributed by atoms with Crippen molar-refractivity contribution < 1.29 is 9.53 Å². The van der Waals surface area contributed by atoms with Crippen LogP contribution in [0.15, 0.2) is 29.3 Å². The molecule has 0 aliphatic heterocycles. The molecule has 1 aromatic rings. The number of nitrogens with two attached hydrogens (primary N) is 1. The number of ether oxygens (including phenoxy) is 1. The maximum absolute atomic E-state index is 11.5. The van der Waals surface area contributed by atoms with E-state index in [1.165, 1.54) is 17.7 Å². The van der Waals surface area contributed by atoms with Crippen molar-refractivity contribution in [2.24, 2.45) is 10.7 Å². The zero-order chi connectivity index (χ0) is 16.1. The first-order valence-electron chi connectivity index (χ1n) is 7.42. The fourth-order valence-corrected chi connectivity index (χ4v) is 1.94. The molecule has 1 amide bonds. The van der Waals surface area contributed by atoms with Crippen LogP contribution in [0.3, 0.4) is 0 Å². The summed E-state index contributed by atoms with van der Waals surface area (Å²) in [5.74, 6) is 1.16. The highest BCUT2D eigenvalue weighted by atomic mass is 16.5. The molecule has 0 atom stereocenters. The van der Waals surface area contributed by atoms with Crippen molar-refractivity contribution >= 4 is 11.9 Å². The highest BCUT2D eigenvalue weighted by Crippen LogP contribution is 2.25. The van der Waals surface area contributed by atoms with Gasteiger partial charge in [-0.15, -0.1) is 0 Å². The van der Waals surface area contributed by atoms with Crippen LogP contribution < -0.4 is 10.5 Å². The molecule has 2 rings (SSSR count). The molecule has 2 N–H and O–H groups in total. The highest BCUT2D eigenvalue weighted by molar-refractivity contribution is 5.78. The van der Waals surface area contributed by atoms with Gasteiger partial charge in [0, 0.05) is 27.2 Å². The lowest BCUT2D eigenvalue weighted by Crippen LogP contribution is -2.35. The largest absolute Gasteiger partial charge is 0.484 e. The van der Waals surface area contributed by atoms with E-state index in [1.54, 1.807) is 14.1 Å². The van der Waals surface area contributed by atoms with Gasteiger partial charge in [0.25, 0.3) is 5.91 Å². The Kier molecular flexibility index (Phi) is 5.25. The zero-order valence-corrected chi connectivity index (χ0v) is 13.5. The van der Waals surface area contributed by atoms with Gasteiger partial charge >= 0.3 is 0 Å². The van der Waals surface area contributed by atoms with Crippen LogP contribution in [0, 0.1) is 0 Å². The molecule has 1 aliphatic rings. The molecule has 1 aromatic carbocycles. The van der Waals surface area contributed by atoms with Crippen molar-refractivity contribution in [1.82, 2.24) is 9.80 Å². The monoisotopic (exact) mass is 304 g/mol. The standard InChI is InChI=1S/C16H24N4O2/c1-19(2)15(21)11-22-14-6-4-5-12(9-14)10-18-16(17)20(3)13-7-8-13/h4-6,9,13H,7-8,10-11H2,1-3H3,(H2,17,18). The van der Waals surface area contributed by atoms with E-state index in [9.17, 15) is 4.79 Å². The Bertz CT molecular complexity index is 553.